The molecule has 1 aliphatic rings. The van der Waals surface area contributed by atoms with Crippen LogP contribution in [-0.2, 0) is 17.8 Å². The number of ether oxygens (including phenoxy) is 1. The Morgan fingerprint density at radius 2 is 2.10 bits per heavy atom. The lowest BCUT2D eigenvalue weighted by Crippen LogP contribution is -2.52. The molecule has 1 N–H and O–H groups in total. The molecule has 0 bridgehead atoms. The first-order valence-corrected chi connectivity index (χ1v) is 7.78. The van der Waals surface area contributed by atoms with E-state index in [0.29, 0.717) is 0 Å². The van der Waals surface area contributed by atoms with E-state index >= 15 is 0 Å². The highest BCUT2D eigenvalue weighted by atomic mass is 16.5. The van der Waals surface area contributed by atoms with Crippen LogP contribution >= 0.6 is 0 Å². The Bertz CT molecular complexity index is 448. The highest BCUT2D eigenvalue weighted by Crippen LogP contribution is 2.21. The largest absolute Gasteiger partial charge is 0.378 e. The number of morpholine rings is 1. The van der Waals surface area contributed by atoms with E-state index in [1.807, 2.05) is 6.20 Å². The van der Waals surface area contributed by atoms with E-state index in [1.54, 1.807) is 0 Å². The van der Waals surface area contributed by atoms with Gasteiger partial charge in [-0.25, -0.2) is 0 Å². The summed E-state index contributed by atoms with van der Waals surface area (Å²) in [4.78, 5) is 7.07. The van der Waals surface area contributed by atoms with Gasteiger partial charge < -0.3 is 10.1 Å². The van der Waals surface area contributed by atoms with Gasteiger partial charge >= 0.3 is 0 Å². The zero-order valence-electron chi connectivity index (χ0n) is 14.1. The van der Waals surface area contributed by atoms with Crippen molar-refractivity contribution in [2.75, 3.05) is 19.8 Å². The summed E-state index contributed by atoms with van der Waals surface area (Å²) in [5.74, 6) is 0. The molecule has 0 aromatic carbocycles. The number of nitrogens with zero attached hydrogens (tertiary/aromatic N) is 2. The number of hydrogen-bond donors (Lipinski definition) is 1. The number of nitrogens with one attached hydrogen (secondary N) is 1. The minimum Gasteiger partial charge on any atom is -0.378 e. The number of rotatable bonds is 4. The van der Waals surface area contributed by atoms with Crippen molar-refractivity contribution in [1.29, 1.82) is 0 Å². The molecule has 118 valence electrons. The second-order valence-corrected chi connectivity index (χ2v) is 7.55. The van der Waals surface area contributed by atoms with Crippen molar-refractivity contribution in [3.05, 3.63) is 29.6 Å². The molecule has 0 atom stereocenters. The Balaban J connectivity index is 1.93. The van der Waals surface area contributed by atoms with Crippen molar-refractivity contribution in [1.82, 2.24) is 15.2 Å². The third-order valence-corrected chi connectivity index (χ3v) is 3.88. The van der Waals surface area contributed by atoms with Gasteiger partial charge in [-0.15, -0.1) is 0 Å². The molecule has 0 aliphatic carbocycles. The van der Waals surface area contributed by atoms with Gasteiger partial charge in [-0.2, -0.15) is 0 Å². The fourth-order valence-corrected chi connectivity index (χ4v) is 2.40. The Morgan fingerprint density at radius 1 is 1.33 bits per heavy atom. The lowest BCUT2D eigenvalue weighted by molar-refractivity contribution is -0.0557. The topological polar surface area (TPSA) is 37.4 Å². The van der Waals surface area contributed by atoms with Crippen LogP contribution < -0.4 is 5.32 Å². The summed E-state index contributed by atoms with van der Waals surface area (Å²) in [6.07, 6.45) is 1.99. The van der Waals surface area contributed by atoms with E-state index in [1.165, 1.54) is 5.56 Å². The van der Waals surface area contributed by atoms with Crippen LogP contribution in [0, 0.1) is 0 Å². The maximum absolute atomic E-state index is 5.57. The SMILES string of the molecule is CC(C)(C)NCc1ccc(CN2CCOCC2(C)C)nc1. The molecule has 0 amide bonds. The van der Waals surface area contributed by atoms with Crippen LogP contribution in [0.4, 0.5) is 0 Å². The summed E-state index contributed by atoms with van der Waals surface area (Å²) in [6, 6.07) is 4.32. The summed E-state index contributed by atoms with van der Waals surface area (Å²) in [7, 11) is 0. The number of hydrogen-bond acceptors (Lipinski definition) is 4. The van der Waals surface area contributed by atoms with Crippen molar-refractivity contribution < 1.29 is 4.74 Å². The molecule has 21 heavy (non-hydrogen) atoms. The number of pyridine rings is 1. The predicted molar refractivity (Wildman–Crippen MR) is 86.1 cm³/mol. The molecular weight excluding hydrogens is 262 g/mol. The molecule has 0 saturated carbocycles. The van der Waals surface area contributed by atoms with Crippen molar-refractivity contribution in [3.63, 3.8) is 0 Å². The molecule has 4 heteroatoms. The van der Waals surface area contributed by atoms with Gasteiger partial charge in [-0.1, -0.05) is 6.07 Å². The molecule has 4 nitrogen and oxygen atoms in total. The first kappa shape index (κ1) is 16.4. The van der Waals surface area contributed by atoms with Gasteiger partial charge in [0.15, 0.2) is 0 Å². The Labute approximate surface area is 128 Å². The van der Waals surface area contributed by atoms with Gasteiger partial charge in [0.25, 0.3) is 0 Å². The smallest absolute Gasteiger partial charge is 0.0645 e. The van der Waals surface area contributed by atoms with Crippen LogP contribution in [0.3, 0.4) is 0 Å². The van der Waals surface area contributed by atoms with Crippen molar-refractivity contribution in [3.8, 4) is 0 Å². The monoisotopic (exact) mass is 291 g/mol. The molecule has 0 radical (unpaired) electrons. The van der Waals surface area contributed by atoms with E-state index in [-0.39, 0.29) is 11.1 Å². The minimum absolute atomic E-state index is 0.0897. The second kappa shape index (κ2) is 6.42. The number of aromatic nitrogens is 1. The standard InChI is InChI=1S/C17H29N3O/c1-16(2,3)19-11-14-6-7-15(18-10-14)12-20-8-9-21-13-17(20,4)5/h6-7,10,19H,8-9,11-13H2,1-5H3. The Hall–Kier alpha value is -0.970. The molecule has 0 unspecified atom stereocenters. The third kappa shape index (κ3) is 5.06. The van der Waals surface area contributed by atoms with Crippen LogP contribution in [0.15, 0.2) is 18.3 Å². The minimum atomic E-state index is 0.0897. The van der Waals surface area contributed by atoms with Crippen molar-refractivity contribution in [2.24, 2.45) is 0 Å². The highest BCUT2D eigenvalue weighted by molar-refractivity contribution is 5.14. The molecule has 2 heterocycles. The van der Waals surface area contributed by atoms with E-state index in [0.717, 1.165) is 38.5 Å². The average Bonchev–Trinajstić information content (AvgIpc) is 2.39. The predicted octanol–water partition coefficient (Wildman–Crippen LogP) is 2.58. The van der Waals surface area contributed by atoms with Gasteiger partial charge in [0.2, 0.25) is 0 Å². The first-order valence-electron chi connectivity index (χ1n) is 7.78. The fraction of sp³-hybridized carbons (Fsp3) is 0.706. The van der Waals surface area contributed by atoms with Gasteiger partial charge in [0.1, 0.15) is 0 Å². The van der Waals surface area contributed by atoms with Crippen molar-refractivity contribution in [2.45, 2.75) is 58.8 Å². The average molecular weight is 291 g/mol. The summed E-state index contributed by atoms with van der Waals surface area (Å²) in [5.41, 5.74) is 2.59. The van der Waals surface area contributed by atoms with Gasteiger partial charge in [0, 0.05) is 36.9 Å². The molecular formula is C17H29N3O. The lowest BCUT2D eigenvalue weighted by Gasteiger charge is -2.41. The molecule has 1 aliphatic heterocycles. The summed E-state index contributed by atoms with van der Waals surface area (Å²) in [5, 5.41) is 3.49. The van der Waals surface area contributed by atoms with Crippen LogP contribution in [0.2, 0.25) is 0 Å². The van der Waals surface area contributed by atoms with Crippen LogP contribution in [0.5, 0.6) is 0 Å². The summed E-state index contributed by atoms with van der Waals surface area (Å²) >= 11 is 0. The quantitative estimate of drug-likeness (QED) is 0.925. The molecule has 1 saturated heterocycles. The maximum atomic E-state index is 5.57. The van der Waals surface area contributed by atoms with Gasteiger partial charge in [0.05, 0.1) is 18.9 Å². The highest BCUT2D eigenvalue weighted by Gasteiger charge is 2.30. The normalized spacial score (nSPS) is 19.7. The lowest BCUT2D eigenvalue weighted by atomic mass is 10.0. The summed E-state index contributed by atoms with van der Waals surface area (Å²) in [6.45, 7) is 15.3. The molecule has 0 spiro atoms. The summed E-state index contributed by atoms with van der Waals surface area (Å²) < 4.78 is 5.57. The first-order chi connectivity index (χ1) is 9.76. The van der Waals surface area contributed by atoms with Crippen LogP contribution in [-0.4, -0.2) is 40.7 Å². The molecule has 2 rings (SSSR count). The Kier molecular flexibility index (Phi) is 5.02. The van der Waals surface area contributed by atoms with Gasteiger partial charge in [-0.3, -0.25) is 9.88 Å². The van der Waals surface area contributed by atoms with Gasteiger partial charge in [-0.05, 0) is 46.2 Å². The zero-order valence-corrected chi connectivity index (χ0v) is 14.1. The maximum Gasteiger partial charge on any atom is 0.0645 e. The van der Waals surface area contributed by atoms with E-state index in [2.05, 4.69) is 62.0 Å². The third-order valence-electron chi connectivity index (χ3n) is 3.88. The zero-order chi connectivity index (χ0) is 15.5. The van der Waals surface area contributed by atoms with Crippen LogP contribution in [0.1, 0.15) is 45.9 Å². The van der Waals surface area contributed by atoms with Crippen LogP contribution in [0.25, 0.3) is 0 Å². The van der Waals surface area contributed by atoms with E-state index in [4.69, 9.17) is 4.74 Å². The van der Waals surface area contributed by atoms with E-state index in [9.17, 15) is 0 Å². The van der Waals surface area contributed by atoms with E-state index < -0.39 is 0 Å². The molecule has 1 aromatic rings. The Morgan fingerprint density at radius 3 is 2.67 bits per heavy atom. The second-order valence-electron chi connectivity index (χ2n) is 7.55. The fourth-order valence-electron chi connectivity index (χ4n) is 2.40. The van der Waals surface area contributed by atoms with Crippen molar-refractivity contribution >= 4 is 0 Å². The molecule has 1 aromatic heterocycles. The molecule has 1 fully saturated rings.